The van der Waals surface area contributed by atoms with Gasteiger partial charge in [0.15, 0.2) is 5.50 Å². The molecule has 1 unspecified atom stereocenters. The van der Waals surface area contributed by atoms with Gasteiger partial charge in [0.2, 0.25) is 5.91 Å². The lowest BCUT2D eigenvalue weighted by Gasteiger charge is -2.21. The van der Waals surface area contributed by atoms with Gasteiger partial charge in [0, 0.05) is 12.3 Å². The van der Waals surface area contributed by atoms with Crippen LogP contribution in [0.3, 0.4) is 0 Å². The van der Waals surface area contributed by atoms with Crippen LogP contribution in [0.1, 0.15) is 0 Å². The molecule has 1 rings (SSSR count). The lowest BCUT2D eigenvalue weighted by Crippen LogP contribution is -2.42. The summed E-state index contributed by atoms with van der Waals surface area (Å²) in [4.78, 5) is 20.4. The van der Waals surface area contributed by atoms with Crippen LogP contribution in [-0.2, 0) is 4.79 Å². The number of hydrogen-bond acceptors (Lipinski definition) is 4. The molecule has 0 saturated carbocycles. The second-order valence-electron chi connectivity index (χ2n) is 1.66. The van der Waals surface area contributed by atoms with Crippen LogP contribution in [0.25, 0.3) is 0 Å². The molecule has 0 bridgehead atoms. The first-order chi connectivity index (χ1) is 4.74. The van der Waals surface area contributed by atoms with Gasteiger partial charge in [0.05, 0.1) is 5.29 Å². The number of carbonyl (C=O) groups is 1. The molecule has 0 spiro atoms. The van der Waals surface area contributed by atoms with E-state index < -0.39 is 5.50 Å². The van der Waals surface area contributed by atoms with Gasteiger partial charge in [-0.3, -0.25) is 4.79 Å². The Hall–Kier alpha value is -1.04. The second-order valence-corrected chi connectivity index (χ2v) is 2.15. The van der Waals surface area contributed by atoms with Gasteiger partial charge in [-0.05, 0) is 0 Å². The van der Waals surface area contributed by atoms with Crippen molar-refractivity contribution >= 4 is 18.5 Å². The highest BCUT2D eigenvalue weighted by molar-refractivity contribution is 7.80. The molecule has 1 heterocycles. The first kappa shape index (κ1) is 7.07. The summed E-state index contributed by atoms with van der Waals surface area (Å²) in [5, 5.41) is 5.91. The first-order valence-corrected chi connectivity index (χ1v) is 3.04. The fraction of sp³-hybridized carbons (Fsp3) is 0.250. The molecule has 0 fully saturated rings. The third-order valence-electron chi connectivity index (χ3n) is 0.995. The summed E-state index contributed by atoms with van der Waals surface area (Å²) in [6.07, 6.45) is 2.47. The lowest BCUT2D eigenvalue weighted by atomic mass is 10.5. The van der Waals surface area contributed by atoms with Crippen LogP contribution in [0, 0.1) is 4.91 Å². The Labute approximate surface area is 62.4 Å². The highest BCUT2D eigenvalue weighted by atomic mass is 32.1. The van der Waals surface area contributed by atoms with Gasteiger partial charge in [-0.25, -0.2) is 5.01 Å². The van der Waals surface area contributed by atoms with Crippen LogP contribution in [0.15, 0.2) is 17.6 Å². The Morgan fingerprint density at radius 1 is 1.80 bits per heavy atom. The van der Waals surface area contributed by atoms with Crippen LogP contribution in [0.5, 0.6) is 0 Å². The summed E-state index contributed by atoms with van der Waals surface area (Å²) in [7, 11) is 0. The highest BCUT2D eigenvalue weighted by Gasteiger charge is 2.16. The van der Waals surface area contributed by atoms with E-state index in [9.17, 15) is 9.70 Å². The fourth-order valence-corrected chi connectivity index (χ4v) is 0.785. The molecule has 0 saturated heterocycles. The number of thiol groups is 1. The zero-order chi connectivity index (χ0) is 7.56. The number of nitrogens with one attached hydrogen (secondary N) is 1. The van der Waals surface area contributed by atoms with E-state index in [1.807, 2.05) is 0 Å². The van der Waals surface area contributed by atoms with E-state index in [1.165, 1.54) is 12.3 Å². The number of rotatable bonds is 1. The molecule has 0 aliphatic carbocycles. The zero-order valence-corrected chi connectivity index (χ0v) is 5.78. The maximum absolute atomic E-state index is 10.5. The summed E-state index contributed by atoms with van der Waals surface area (Å²) in [6.45, 7) is 0. The molecule has 1 atom stereocenters. The van der Waals surface area contributed by atoms with E-state index >= 15 is 0 Å². The Kier molecular flexibility index (Phi) is 1.91. The standard InChI is InChI=1S/C4H5N3O2S/c8-3-1-2-7(6-9)4(10)5-3/h1-2,4,10H,(H,5,8). The van der Waals surface area contributed by atoms with Crippen molar-refractivity contribution in [3.63, 3.8) is 0 Å². The van der Waals surface area contributed by atoms with Gasteiger partial charge in [-0.1, -0.05) is 0 Å². The minimum absolute atomic E-state index is 0.278. The molecular formula is C4H5N3O2S. The van der Waals surface area contributed by atoms with Crippen molar-refractivity contribution in [2.45, 2.75) is 5.50 Å². The maximum atomic E-state index is 10.5. The number of hydrogen-bond donors (Lipinski definition) is 2. The average Bonchev–Trinajstić information content (AvgIpc) is 1.88. The molecule has 6 heteroatoms. The van der Waals surface area contributed by atoms with Crippen LogP contribution in [0.2, 0.25) is 0 Å². The Morgan fingerprint density at radius 2 is 2.50 bits per heavy atom. The molecule has 5 nitrogen and oxygen atoms in total. The Bertz CT molecular complexity index is 193. The number of carbonyl (C=O) groups excluding carboxylic acids is 1. The predicted octanol–water partition coefficient (Wildman–Crippen LogP) is -0.173. The van der Waals surface area contributed by atoms with Crippen LogP contribution < -0.4 is 5.32 Å². The van der Waals surface area contributed by atoms with E-state index in [2.05, 4.69) is 23.2 Å². The first-order valence-electron chi connectivity index (χ1n) is 2.52. The van der Waals surface area contributed by atoms with Gasteiger partial charge in [0.1, 0.15) is 0 Å². The van der Waals surface area contributed by atoms with Crippen molar-refractivity contribution in [1.82, 2.24) is 10.3 Å². The molecule has 0 aromatic rings. The van der Waals surface area contributed by atoms with E-state index in [0.717, 1.165) is 5.01 Å². The quantitative estimate of drug-likeness (QED) is 0.412. The smallest absolute Gasteiger partial charge is 0.247 e. The predicted molar refractivity (Wildman–Crippen MR) is 37.7 cm³/mol. The van der Waals surface area contributed by atoms with Crippen molar-refractivity contribution in [1.29, 1.82) is 0 Å². The highest BCUT2D eigenvalue weighted by Crippen LogP contribution is 2.05. The molecule has 10 heavy (non-hydrogen) atoms. The molecule has 1 aliphatic heterocycles. The van der Waals surface area contributed by atoms with E-state index in [0.29, 0.717) is 0 Å². The number of nitrogens with zero attached hydrogens (tertiary/aromatic N) is 2. The zero-order valence-electron chi connectivity index (χ0n) is 4.89. The maximum Gasteiger partial charge on any atom is 0.247 e. The van der Waals surface area contributed by atoms with Crippen LogP contribution >= 0.6 is 12.6 Å². The third kappa shape index (κ3) is 1.27. The minimum Gasteiger partial charge on any atom is -0.322 e. The van der Waals surface area contributed by atoms with Gasteiger partial charge in [-0.2, -0.15) is 0 Å². The monoisotopic (exact) mass is 159 g/mol. The molecule has 1 amide bonds. The average molecular weight is 159 g/mol. The van der Waals surface area contributed by atoms with Crippen molar-refractivity contribution in [2.75, 3.05) is 0 Å². The van der Waals surface area contributed by atoms with Crippen molar-refractivity contribution in [3.8, 4) is 0 Å². The molecular weight excluding hydrogens is 154 g/mol. The van der Waals surface area contributed by atoms with Crippen LogP contribution in [0.4, 0.5) is 0 Å². The van der Waals surface area contributed by atoms with Crippen LogP contribution in [-0.4, -0.2) is 16.4 Å². The summed E-state index contributed by atoms with van der Waals surface area (Å²) < 4.78 is 0. The fourth-order valence-electron chi connectivity index (χ4n) is 0.539. The molecule has 1 N–H and O–H groups in total. The molecule has 1 aliphatic rings. The number of amides is 1. The van der Waals surface area contributed by atoms with E-state index in [1.54, 1.807) is 0 Å². The summed E-state index contributed by atoms with van der Waals surface area (Å²) in [6, 6.07) is 0. The summed E-state index contributed by atoms with van der Waals surface area (Å²) >= 11 is 3.84. The van der Waals surface area contributed by atoms with E-state index in [4.69, 9.17) is 0 Å². The molecule has 0 aromatic carbocycles. The summed E-state index contributed by atoms with van der Waals surface area (Å²) in [5.74, 6) is -0.278. The van der Waals surface area contributed by atoms with Gasteiger partial charge >= 0.3 is 0 Å². The van der Waals surface area contributed by atoms with Gasteiger partial charge < -0.3 is 5.32 Å². The van der Waals surface area contributed by atoms with Gasteiger partial charge in [-0.15, -0.1) is 17.5 Å². The van der Waals surface area contributed by atoms with Gasteiger partial charge in [0.25, 0.3) is 0 Å². The topological polar surface area (TPSA) is 61.8 Å². The molecule has 54 valence electrons. The SMILES string of the molecule is O=NN1C=CC(=O)NC1S. The minimum atomic E-state index is -0.644. The Morgan fingerprint density at radius 3 is 3.00 bits per heavy atom. The largest absolute Gasteiger partial charge is 0.322 e. The normalized spacial score (nSPS) is 24.3. The molecule has 0 aromatic heterocycles. The second kappa shape index (κ2) is 2.70. The molecule has 0 radical (unpaired) electrons. The van der Waals surface area contributed by atoms with Crippen molar-refractivity contribution in [3.05, 3.63) is 17.2 Å². The lowest BCUT2D eigenvalue weighted by molar-refractivity contribution is -0.118. The van der Waals surface area contributed by atoms with Crippen molar-refractivity contribution < 1.29 is 4.79 Å². The van der Waals surface area contributed by atoms with Crippen molar-refractivity contribution in [2.24, 2.45) is 5.29 Å². The van der Waals surface area contributed by atoms with E-state index in [-0.39, 0.29) is 5.91 Å². The third-order valence-corrected chi connectivity index (χ3v) is 1.36. The Balaban J connectivity index is 2.71. The summed E-state index contributed by atoms with van der Waals surface area (Å²) in [5.41, 5.74) is -0.644. The number of nitroso groups, excluding NO2 is 1.